The number of fused-ring (bicyclic) bond motifs is 1. The summed E-state index contributed by atoms with van der Waals surface area (Å²) in [5, 5.41) is 1.31. The maximum atomic E-state index is 5.32. The second kappa shape index (κ2) is 7.21. The fraction of sp³-hybridized carbons (Fsp3) is 0.444. The summed E-state index contributed by atoms with van der Waals surface area (Å²) in [5.74, 6) is 0.905. The number of hydrogen-bond donors (Lipinski definition) is 1. The first kappa shape index (κ1) is 16.9. The van der Waals surface area contributed by atoms with Crippen LogP contribution in [0.5, 0.6) is 5.75 Å². The molecule has 2 aromatic rings. The molecule has 1 aliphatic rings. The lowest BCUT2D eigenvalue weighted by atomic mass is 9.96. The van der Waals surface area contributed by atoms with E-state index in [4.69, 9.17) is 4.74 Å². The van der Waals surface area contributed by atoms with Gasteiger partial charge in [-0.25, -0.2) is 0 Å². The smallest absolute Gasteiger partial charge is 0.120 e. The standard InChI is InChI=1S/C18H24N2O.ClH/c1-4-9-20-10-7-14(8-11-20)18-13(2)19-17-12-15(21-3)5-6-16(17)18;/h5-7,12,19H,4,8-11H2,1-3H3;1H. The first-order chi connectivity index (χ1) is 10.2. The average Bonchev–Trinajstić information content (AvgIpc) is 2.83. The first-order valence-electron chi connectivity index (χ1n) is 7.81. The maximum Gasteiger partial charge on any atom is 0.120 e. The minimum absolute atomic E-state index is 0. The van der Waals surface area contributed by atoms with Gasteiger partial charge in [-0.15, -0.1) is 12.4 Å². The predicted molar refractivity (Wildman–Crippen MR) is 96.2 cm³/mol. The summed E-state index contributed by atoms with van der Waals surface area (Å²) in [7, 11) is 1.71. The molecule has 0 atom stereocenters. The van der Waals surface area contributed by atoms with Crippen LogP contribution in [0.2, 0.25) is 0 Å². The number of aromatic nitrogens is 1. The highest BCUT2D eigenvalue weighted by molar-refractivity contribution is 5.95. The summed E-state index contributed by atoms with van der Waals surface area (Å²) >= 11 is 0. The summed E-state index contributed by atoms with van der Waals surface area (Å²) in [6, 6.07) is 6.30. The Morgan fingerprint density at radius 1 is 1.32 bits per heavy atom. The number of aromatic amines is 1. The Morgan fingerprint density at radius 3 is 2.77 bits per heavy atom. The van der Waals surface area contributed by atoms with E-state index in [2.05, 4.69) is 41.9 Å². The van der Waals surface area contributed by atoms with E-state index in [1.165, 1.54) is 47.2 Å². The Kier molecular flexibility index (Phi) is 5.54. The Morgan fingerprint density at radius 2 is 2.14 bits per heavy atom. The monoisotopic (exact) mass is 320 g/mol. The van der Waals surface area contributed by atoms with E-state index >= 15 is 0 Å². The van der Waals surface area contributed by atoms with Crippen molar-refractivity contribution in [2.75, 3.05) is 26.7 Å². The molecule has 0 radical (unpaired) electrons. The van der Waals surface area contributed by atoms with Gasteiger partial charge in [-0.3, -0.25) is 4.90 Å². The lowest BCUT2D eigenvalue weighted by Gasteiger charge is -2.26. The third-order valence-electron chi connectivity index (χ3n) is 4.35. The van der Waals surface area contributed by atoms with Crippen LogP contribution in [-0.4, -0.2) is 36.6 Å². The molecule has 2 heterocycles. The SMILES string of the molecule is CCCN1CC=C(c2c(C)[nH]c3cc(OC)ccc23)CC1.Cl. The van der Waals surface area contributed by atoms with Crippen molar-refractivity contribution in [3.8, 4) is 5.75 Å². The number of ether oxygens (including phenoxy) is 1. The second-order valence-electron chi connectivity index (χ2n) is 5.82. The molecule has 1 aromatic heterocycles. The molecular weight excluding hydrogens is 296 g/mol. The summed E-state index contributed by atoms with van der Waals surface area (Å²) in [6.07, 6.45) is 4.77. The van der Waals surface area contributed by atoms with Crippen LogP contribution < -0.4 is 4.74 Å². The van der Waals surface area contributed by atoms with E-state index in [-0.39, 0.29) is 12.4 Å². The number of nitrogens with zero attached hydrogens (tertiary/aromatic N) is 1. The Labute approximate surface area is 138 Å². The molecule has 3 rings (SSSR count). The predicted octanol–water partition coefficient (Wildman–Crippen LogP) is 4.41. The van der Waals surface area contributed by atoms with Crippen LogP contribution in [0.15, 0.2) is 24.3 Å². The molecule has 4 heteroatoms. The van der Waals surface area contributed by atoms with Gasteiger partial charge < -0.3 is 9.72 Å². The van der Waals surface area contributed by atoms with E-state index in [9.17, 15) is 0 Å². The highest BCUT2D eigenvalue weighted by Gasteiger charge is 2.17. The molecule has 0 fully saturated rings. The van der Waals surface area contributed by atoms with E-state index in [0.29, 0.717) is 0 Å². The zero-order valence-corrected chi connectivity index (χ0v) is 14.4. The molecule has 0 unspecified atom stereocenters. The van der Waals surface area contributed by atoms with Gasteiger partial charge in [0.05, 0.1) is 7.11 Å². The molecule has 1 aliphatic heterocycles. The molecule has 0 saturated heterocycles. The second-order valence-corrected chi connectivity index (χ2v) is 5.82. The summed E-state index contributed by atoms with van der Waals surface area (Å²) < 4.78 is 5.32. The molecule has 0 aliphatic carbocycles. The molecular formula is C18H25ClN2O. The highest BCUT2D eigenvalue weighted by atomic mass is 35.5. The summed E-state index contributed by atoms with van der Waals surface area (Å²) in [5.41, 5.74) is 5.30. The Hall–Kier alpha value is -1.45. The average molecular weight is 321 g/mol. The number of halogens is 1. The van der Waals surface area contributed by atoms with Crippen molar-refractivity contribution in [2.45, 2.75) is 26.7 Å². The Bertz CT molecular complexity index is 675. The van der Waals surface area contributed by atoms with Crippen molar-refractivity contribution < 1.29 is 4.74 Å². The van der Waals surface area contributed by atoms with Gasteiger partial charge in [-0.05, 0) is 44.0 Å². The van der Waals surface area contributed by atoms with Crippen molar-refractivity contribution in [3.05, 3.63) is 35.5 Å². The highest BCUT2D eigenvalue weighted by Crippen LogP contribution is 2.33. The van der Waals surface area contributed by atoms with Gasteiger partial charge in [0.2, 0.25) is 0 Å². The van der Waals surface area contributed by atoms with Crippen molar-refractivity contribution >= 4 is 28.9 Å². The van der Waals surface area contributed by atoms with Crippen molar-refractivity contribution in [2.24, 2.45) is 0 Å². The topological polar surface area (TPSA) is 28.3 Å². The maximum absolute atomic E-state index is 5.32. The number of nitrogens with one attached hydrogen (secondary N) is 1. The van der Waals surface area contributed by atoms with Gasteiger partial charge in [-0.1, -0.05) is 13.0 Å². The van der Waals surface area contributed by atoms with Gasteiger partial charge in [-0.2, -0.15) is 0 Å². The lowest BCUT2D eigenvalue weighted by molar-refractivity contribution is 0.302. The van der Waals surface area contributed by atoms with E-state index < -0.39 is 0 Å². The molecule has 0 bridgehead atoms. The quantitative estimate of drug-likeness (QED) is 0.904. The fourth-order valence-corrected chi connectivity index (χ4v) is 3.31. The molecule has 1 N–H and O–H groups in total. The van der Waals surface area contributed by atoms with Crippen LogP contribution in [0.3, 0.4) is 0 Å². The number of methoxy groups -OCH3 is 1. The minimum atomic E-state index is 0. The molecule has 0 spiro atoms. The van der Waals surface area contributed by atoms with Crippen LogP contribution in [0.4, 0.5) is 0 Å². The van der Waals surface area contributed by atoms with E-state index in [1.807, 2.05) is 6.07 Å². The van der Waals surface area contributed by atoms with E-state index in [0.717, 1.165) is 18.7 Å². The molecule has 3 nitrogen and oxygen atoms in total. The third kappa shape index (κ3) is 3.16. The van der Waals surface area contributed by atoms with Crippen molar-refractivity contribution in [1.29, 1.82) is 0 Å². The van der Waals surface area contributed by atoms with Crippen LogP contribution in [0.1, 0.15) is 31.0 Å². The summed E-state index contributed by atoms with van der Waals surface area (Å²) in [6.45, 7) is 7.86. The van der Waals surface area contributed by atoms with Crippen molar-refractivity contribution in [3.63, 3.8) is 0 Å². The van der Waals surface area contributed by atoms with Gasteiger partial charge >= 0.3 is 0 Å². The lowest BCUT2D eigenvalue weighted by Crippen LogP contribution is -2.29. The van der Waals surface area contributed by atoms with Gasteiger partial charge in [0, 0.05) is 41.3 Å². The van der Waals surface area contributed by atoms with Gasteiger partial charge in [0.25, 0.3) is 0 Å². The van der Waals surface area contributed by atoms with Crippen LogP contribution in [0.25, 0.3) is 16.5 Å². The number of rotatable bonds is 4. The fourth-order valence-electron chi connectivity index (χ4n) is 3.31. The zero-order valence-electron chi connectivity index (χ0n) is 13.6. The zero-order chi connectivity index (χ0) is 14.8. The van der Waals surface area contributed by atoms with Crippen LogP contribution >= 0.6 is 12.4 Å². The number of H-pyrrole nitrogens is 1. The van der Waals surface area contributed by atoms with Crippen molar-refractivity contribution in [1.82, 2.24) is 9.88 Å². The largest absolute Gasteiger partial charge is 0.497 e. The third-order valence-corrected chi connectivity index (χ3v) is 4.35. The molecule has 120 valence electrons. The van der Waals surface area contributed by atoms with Gasteiger partial charge in [0.1, 0.15) is 5.75 Å². The summed E-state index contributed by atoms with van der Waals surface area (Å²) in [4.78, 5) is 6.03. The van der Waals surface area contributed by atoms with Gasteiger partial charge in [0.15, 0.2) is 0 Å². The van der Waals surface area contributed by atoms with Crippen LogP contribution in [-0.2, 0) is 0 Å². The number of benzene rings is 1. The number of aryl methyl sites for hydroxylation is 1. The molecule has 0 amide bonds. The Balaban J connectivity index is 0.00000176. The molecule has 1 aromatic carbocycles. The first-order valence-corrected chi connectivity index (χ1v) is 7.81. The number of hydrogen-bond acceptors (Lipinski definition) is 2. The van der Waals surface area contributed by atoms with E-state index in [1.54, 1.807) is 7.11 Å². The minimum Gasteiger partial charge on any atom is -0.497 e. The molecule has 0 saturated carbocycles. The normalized spacial score (nSPS) is 15.5. The molecule has 22 heavy (non-hydrogen) atoms. The van der Waals surface area contributed by atoms with Crippen LogP contribution in [0, 0.1) is 6.92 Å².